The zero-order chi connectivity index (χ0) is 17.8. The van der Waals surface area contributed by atoms with Gasteiger partial charge in [-0.1, -0.05) is 6.92 Å². The van der Waals surface area contributed by atoms with E-state index >= 15 is 0 Å². The van der Waals surface area contributed by atoms with Gasteiger partial charge in [-0.3, -0.25) is 0 Å². The molecule has 0 aromatic heterocycles. The molecule has 0 saturated heterocycles. The Labute approximate surface area is 155 Å². The first-order valence-corrected chi connectivity index (χ1v) is 8.96. The molecule has 0 heterocycles. The first-order chi connectivity index (χ1) is 11.6. The monoisotopic (exact) mass is 450 g/mol. The molecular formula is C17H23IO6. The maximum absolute atomic E-state index is 12.1. The lowest BCUT2D eigenvalue weighted by molar-refractivity contribution is 0.0164. The molecule has 0 N–H and O–H groups in total. The Morgan fingerprint density at radius 1 is 0.833 bits per heavy atom. The standard InChI is InChI=1S/C17H23IO6/c1-3-5-23-16(19)13-10-14(12-15(18)11-13)17(20)24-9-8-22-7-6-21-4-2/h10-12H,3-9H2,1-2H3. The molecule has 6 nitrogen and oxygen atoms in total. The number of carbonyl (C=O) groups is 2. The van der Waals surface area contributed by atoms with E-state index < -0.39 is 11.9 Å². The van der Waals surface area contributed by atoms with E-state index in [0.29, 0.717) is 44.2 Å². The molecular weight excluding hydrogens is 427 g/mol. The van der Waals surface area contributed by atoms with Gasteiger partial charge in [0.1, 0.15) is 6.61 Å². The minimum absolute atomic E-state index is 0.145. The van der Waals surface area contributed by atoms with Crippen LogP contribution in [0.5, 0.6) is 0 Å². The van der Waals surface area contributed by atoms with Crippen LogP contribution < -0.4 is 0 Å². The molecule has 0 fully saturated rings. The number of hydrogen-bond donors (Lipinski definition) is 0. The van der Waals surface area contributed by atoms with Gasteiger partial charge in [0.25, 0.3) is 0 Å². The van der Waals surface area contributed by atoms with Crippen LogP contribution in [-0.2, 0) is 18.9 Å². The van der Waals surface area contributed by atoms with E-state index in [1.807, 2.05) is 36.4 Å². The summed E-state index contributed by atoms with van der Waals surface area (Å²) in [7, 11) is 0. The molecule has 134 valence electrons. The summed E-state index contributed by atoms with van der Waals surface area (Å²) in [6, 6.07) is 4.82. The first kappa shape index (κ1) is 20.9. The van der Waals surface area contributed by atoms with E-state index in [-0.39, 0.29) is 6.61 Å². The first-order valence-electron chi connectivity index (χ1n) is 7.88. The molecule has 0 radical (unpaired) electrons. The number of hydrogen-bond acceptors (Lipinski definition) is 6. The van der Waals surface area contributed by atoms with Gasteiger partial charge in [-0.2, -0.15) is 0 Å². The second-order valence-corrected chi connectivity index (χ2v) is 6.06. The molecule has 0 aliphatic rings. The van der Waals surface area contributed by atoms with Crippen LogP contribution in [0.25, 0.3) is 0 Å². The lowest BCUT2D eigenvalue weighted by atomic mass is 10.1. The lowest BCUT2D eigenvalue weighted by Gasteiger charge is -2.08. The molecule has 24 heavy (non-hydrogen) atoms. The molecule has 0 atom stereocenters. The van der Waals surface area contributed by atoms with E-state index in [2.05, 4.69) is 0 Å². The van der Waals surface area contributed by atoms with Crippen LogP contribution in [-0.4, -0.2) is 51.6 Å². The summed E-state index contributed by atoms with van der Waals surface area (Å²) < 4.78 is 21.4. The van der Waals surface area contributed by atoms with Gasteiger partial charge in [0.05, 0.1) is 37.6 Å². The highest BCUT2D eigenvalue weighted by Gasteiger charge is 2.14. The molecule has 0 unspecified atom stereocenters. The topological polar surface area (TPSA) is 71.1 Å². The van der Waals surface area contributed by atoms with Crippen LogP contribution in [0.2, 0.25) is 0 Å². The number of halogens is 1. The highest BCUT2D eigenvalue weighted by molar-refractivity contribution is 14.1. The summed E-state index contributed by atoms with van der Waals surface area (Å²) in [6.07, 6.45) is 0.744. The molecule has 0 spiro atoms. The maximum atomic E-state index is 12.1. The molecule has 0 aliphatic heterocycles. The molecule has 0 bridgehead atoms. The van der Waals surface area contributed by atoms with Crippen LogP contribution in [0.4, 0.5) is 0 Å². The summed E-state index contributed by atoms with van der Waals surface area (Å²) >= 11 is 2.05. The molecule has 1 aromatic rings. The highest BCUT2D eigenvalue weighted by Crippen LogP contribution is 2.15. The smallest absolute Gasteiger partial charge is 0.338 e. The van der Waals surface area contributed by atoms with E-state index in [0.717, 1.165) is 9.99 Å². The Kier molecular flexibility index (Phi) is 10.6. The minimum atomic E-state index is -0.494. The van der Waals surface area contributed by atoms with E-state index in [9.17, 15) is 9.59 Å². The zero-order valence-electron chi connectivity index (χ0n) is 14.0. The summed E-state index contributed by atoms with van der Waals surface area (Å²) in [6.45, 7) is 6.25. The van der Waals surface area contributed by atoms with Gasteiger partial charge in [-0.15, -0.1) is 0 Å². The fraction of sp³-hybridized carbons (Fsp3) is 0.529. The Morgan fingerprint density at radius 3 is 1.96 bits per heavy atom. The number of esters is 2. The van der Waals surface area contributed by atoms with Gasteiger partial charge in [0, 0.05) is 10.2 Å². The van der Waals surface area contributed by atoms with Gasteiger partial charge in [-0.25, -0.2) is 9.59 Å². The lowest BCUT2D eigenvalue weighted by Crippen LogP contribution is -2.14. The Morgan fingerprint density at radius 2 is 1.38 bits per heavy atom. The molecule has 1 aromatic carbocycles. The van der Waals surface area contributed by atoms with Crippen LogP contribution >= 0.6 is 22.6 Å². The largest absolute Gasteiger partial charge is 0.462 e. The van der Waals surface area contributed by atoms with Gasteiger partial charge in [0.15, 0.2) is 0 Å². The third-order valence-electron chi connectivity index (χ3n) is 2.84. The second kappa shape index (κ2) is 12.2. The summed E-state index contributed by atoms with van der Waals surface area (Å²) in [4.78, 5) is 24.0. The van der Waals surface area contributed by atoms with E-state index in [1.54, 1.807) is 12.1 Å². The number of carbonyl (C=O) groups excluding carboxylic acids is 2. The SMILES string of the molecule is CCCOC(=O)c1cc(I)cc(C(=O)OCCOCCOCC)c1. The third-order valence-corrected chi connectivity index (χ3v) is 3.47. The maximum Gasteiger partial charge on any atom is 0.338 e. The zero-order valence-corrected chi connectivity index (χ0v) is 16.2. The summed E-state index contributed by atoms with van der Waals surface area (Å²) in [5.74, 6) is -0.935. The van der Waals surface area contributed by atoms with Crippen molar-refractivity contribution in [3.8, 4) is 0 Å². The molecule has 7 heteroatoms. The molecule has 0 aliphatic carbocycles. The van der Waals surface area contributed by atoms with Gasteiger partial charge in [0.2, 0.25) is 0 Å². The second-order valence-electron chi connectivity index (χ2n) is 4.81. The van der Waals surface area contributed by atoms with E-state index in [4.69, 9.17) is 18.9 Å². The predicted molar refractivity (Wildman–Crippen MR) is 97.3 cm³/mol. The van der Waals surface area contributed by atoms with Gasteiger partial charge in [-0.05, 0) is 54.1 Å². The van der Waals surface area contributed by atoms with Gasteiger partial charge >= 0.3 is 11.9 Å². The fourth-order valence-electron chi connectivity index (χ4n) is 1.74. The number of ether oxygens (including phenoxy) is 4. The summed E-state index contributed by atoms with van der Waals surface area (Å²) in [5.41, 5.74) is 0.662. The van der Waals surface area contributed by atoms with Crippen molar-refractivity contribution in [1.29, 1.82) is 0 Å². The van der Waals surface area contributed by atoms with Crippen LogP contribution in [0, 0.1) is 3.57 Å². The average Bonchev–Trinajstić information content (AvgIpc) is 2.58. The van der Waals surface area contributed by atoms with Crippen molar-refractivity contribution in [2.45, 2.75) is 20.3 Å². The molecule has 0 amide bonds. The van der Waals surface area contributed by atoms with Crippen LogP contribution in [0.1, 0.15) is 41.0 Å². The fourth-order valence-corrected chi connectivity index (χ4v) is 2.42. The molecule has 0 saturated carbocycles. The number of benzene rings is 1. The minimum Gasteiger partial charge on any atom is -0.462 e. The van der Waals surface area contributed by atoms with Crippen molar-refractivity contribution < 1.29 is 28.5 Å². The Bertz CT molecular complexity index is 532. The van der Waals surface area contributed by atoms with Crippen molar-refractivity contribution in [1.82, 2.24) is 0 Å². The highest BCUT2D eigenvalue weighted by atomic mass is 127. The van der Waals surface area contributed by atoms with E-state index in [1.165, 1.54) is 6.07 Å². The van der Waals surface area contributed by atoms with Crippen molar-refractivity contribution in [3.05, 3.63) is 32.9 Å². The molecule has 1 rings (SSSR count). The van der Waals surface area contributed by atoms with Gasteiger partial charge < -0.3 is 18.9 Å². The van der Waals surface area contributed by atoms with Crippen molar-refractivity contribution in [2.75, 3.05) is 39.6 Å². The van der Waals surface area contributed by atoms with Crippen LogP contribution in [0.15, 0.2) is 18.2 Å². The summed E-state index contributed by atoms with van der Waals surface area (Å²) in [5, 5.41) is 0. The number of rotatable bonds is 11. The Balaban J connectivity index is 2.49. The van der Waals surface area contributed by atoms with Crippen molar-refractivity contribution >= 4 is 34.5 Å². The third kappa shape index (κ3) is 8.07. The van der Waals surface area contributed by atoms with Crippen molar-refractivity contribution in [3.63, 3.8) is 0 Å². The Hall–Kier alpha value is -1.19. The predicted octanol–water partition coefficient (Wildman–Crippen LogP) is 3.07. The average molecular weight is 450 g/mol. The van der Waals surface area contributed by atoms with Crippen molar-refractivity contribution in [2.24, 2.45) is 0 Å². The van der Waals surface area contributed by atoms with Crippen LogP contribution in [0.3, 0.4) is 0 Å². The normalized spacial score (nSPS) is 10.5. The quantitative estimate of drug-likeness (QED) is 0.293.